The molecule has 2 aromatic carbocycles. The number of benzene rings is 2. The molecule has 5 nitrogen and oxygen atoms in total. The van der Waals surface area contributed by atoms with Gasteiger partial charge in [0.05, 0.1) is 6.54 Å². The standard InChI is InChI=1S/C23H22N2O3/c26-23(21-7-4-14-27-21)25-13-12-20-19(15-25)22(24-28-20)18-10-8-17(9-11-18)16-5-2-1-3-6-16/h1-3,5-6,8-11,21H,4,7,12-15H2. The molecule has 5 heteroatoms. The fourth-order valence-corrected chi connectivity index (χ4v) is 4.05. The van der Waals surface area contributed by atoms with E-state index in [9.17, 15) is 4.79 Å². The molecule has 0 spiro atoms. The number of hydrogen-bond acceptors (Lipinski definition) is 4. The first-order chi connectivity index (χ1) is 13.8. The summed E-state index contributed by atoms with van der Waals surface area (Å²) in [4.78, 5) is 14.6. The number of ether oxygens (including phenoxy) is 1. The summed E-state index contributed by atoms with van der Waals surface area (Å²) in [6.45, 7) is 1.88. The van der Waals surface area contributed by atoms with Crippen molar-refractivity contribution in [1.29, 1.82) is 0 Å². The van der Waals surface area contributed by atoms with E-state index in [-0.39, 0.29) is 12.0 Å². The van der Waals surface area contributed by atoms with Gasteiger partial charge in [-0.15, -0.1) is 0 Å². The molecule has 0 N–H and O–H groups in total. The van der Waals surface area contributed by atoms with E-state index >= 15 is 0 Å². The van der Waals surface area contributed by atoms with Gasteiger partial charge in [0.1, 0.15) is 17.6 Å². The molecule has 1 fully saturated rings. The van der Waals surface area contributed by atoms with Gasteiger partial charge in [-0.3, -0.25) is 4.79 Å². The SMILES string of the molecule is O=C(C1CCCO1)N1CCc2onc(-c3ccc(-c4ccccc4)cc3)c2C1. The summed E-state index contributed by atoms with van der Waals surface area (Å²) < 4.78 is 11.2. The Hall–Kier alpha value is -2.92. The average Bonchev–Trinajstić information content (AvgIpc) is 3.44. The molecule has 1 atom stereocenters. The van der Waals surface area contributed by atoms with Crippen molar-refractivity contribution in [2.24, 2.45) is 0 Å². The maximum absolute atomic E-state index is 12.7. The molecular formula is C23H22N2O3. The molecule has 0 aliphatic carbocycles. The Kier molecular flexibility index (Phi) is 4.45. The molecule has 3 aromatic rings. The van der Waals surface area contributed by atoms with Gasteiger partial charge in [0.15, 0.2) is 0 Å². The van der Waals surface area contributed by atoms with Gasteiger partial charge >= 0.3 is 0 Å². The Labute approximate surface area is 163 Å². The van der Waals surface area contributed by atoms with Crippen LogP contribution in [0.5, 0.6) is 0 Å². The maximum Gasteiger partial charge on any atom is 0.252 e. The van der Waals surface area contributed by atoms with Crippen molar-refractivity contribution in [3.05, 3.63) is 65.9 Å². The number of carbonyl (C=O) groups excluding carboxylic acids is 1. The molecule has 3 heterocycles. The van der Waals surface area contributed by atoms with E-state index in [1.807, 2.05) is 23.1 Å². The van der Waals surface area contributed by atoms with Gasteiger partial charge in [-0.1, -0.05) is 59.8 Å². The molecule has 1 unspecified atom stereocenters. The van der Waals surface area contributed by atoms with Crippen molar-refractivity contribution in [2.75, 3.05) is 13.2 Å². The van der Waals surface area contributed by atoms with Crippen molar-refractivity contribution in [1.82, 2.24) is 10.1 Å². The van der Waals surface area contributed by atoms with Gasteiger partial charge in [-0.05, 0) is 24.0 Å². The Morgan fingerprint density at radius 2 is 1.75 bits per heavy atom. The third-order valence-electron chi connectivity index (χ3n) is 5.61. The Morgan fingerprint density at radius 3 is 2.50 bits per heavy atom. The van der Waals surface area contributed by atoms with Crippen LogP contribution in [-0.4, -0.2) is 35.2 Å². The summed E-state index contributed by atoms with van der Waals surface area (Å²) in [5, 5.41) is 4.32. The van der Waals surface area contributed by atoms with E-state index in [0.717, 1.165) is 41.0 Å². The summed E-state index contributed by atoms with van der Waals surface area (Å²) in [5.74, 6) is 0.980. The van der Waals surface area contributed by atoms with E-state index in [1.54, 1.807) is 0 Å². The van der Waals surface area contributed by atoms with E-state index in [0.29, 0.717) is 26.1 Å². The molecule has 5 rings (SSSR count). The minimum Gasteiger partial charge on any atom is -0.368 e. The predicted molar refractivity (Wildman–Crippen MR) is 105 cm³/mol. The van der Waals surface area contributed by atoms with Crippen LogP contribution in [0, 0.1) is 0 Å². The highest BCUT2D eigenvalue weighted by Crippen LogP contribution is 2.32. The Balaban J connectivity index is 1.39. The number of carbonyl (C=O) groups is 1. The lowest BCUT2D eigenvalue weighted by Crippen LogP contribution is -2.41. The summed E-state index contributed by atoms with van der Waals surface area (Å²) in [7, 11) is 0. The quantitative estimate of drug-likeness (QED) is 0.693. The van der Waals surface area contributed by atoms with Gasteiger partial charge in [-0.2, -0.15) is 0 Å². The first-order valence-electron chi connectivity index (χ1n) is 9.83. The largest absolute Gasteiger partial charge is 0.368 e. The molecule has 2 aliphatic heterocycles. The van der Waals surface area contributed by atoms with E-state index in [1.165, 1.54) is 5.56 Å². The lowest BCUT2D eigenvalue weighted by molar-refractivity contribution is -0.141. The van der Waals surface area contributed by atoms with Gasteiger partial charge in [0.2, 0.25) is 0 Å². The van der Waals surface area contributed by atoms with E-state index < -0.39 is 0 Å². The van der Waals surface area contributed by atoms with E-state index in [2.05, 4.69) is 41.6 Å². The van der Waals surface area contributed by atoms with Crippen LogP contribution in [0.1, 0.15) is 24.2 Å². The average molecular weight is 374 g/mol. The minimum absolute atomic E-state index is 0.0923. The van der Waals surface area contributed by atoms with Crippen molar-refractivity contribution in [3.63, 3.8) is 0 Å². The molecule has 1 amide bonds. The molecule has 1 aromatic heterocycles. The molecule has 1 saturated heterocycles. The first-order valence-corrected chi connectivity index (χ1v) is 9.83. The van der Waals surface area contributed by atoms with Crippen LogP contribution in [-0.2, 0) is 22.5 Å². The Bertz CT molecular complexity index is 973. The molecular weight excluding hydrogens is 352 g/mol. The van der Waals surface area contributed by atoms with Crippen molar-refractivity contribution in [2.45, 2.75) is 31.9 Å². The number of fused-ring (bicyclic) bond motifs is 1. The molecule has 142 valence electrons. The van der Waals surface area contributed by atoms with Crippen molar-refractivity contribution < 1.29 is 14.1 Å². The smallest absolute Gasteiger partial charge is 0.252 e. The number of hydrogen-bond donors (Lipinski definition) is 0. The van der Waals surface area contributed by atoms with E-state index in [4.69, 9.17) is 9.26 Å². The zero-order valence-electron chi connectivity index (χ0n) is 15.6. The Morgan fingerprint density at radius 1 is 1.00 bits per heavy atom. The van der Waals surface area contributed by atoms with Gasteiger partial charge in [0, 0.05) is 30.7 Å². The van der Waals surface area contributed by atoms with Crippen LogP contribution in [0.25, 0.3) is 22.4 Å². The highest BCUT2D eigenvalue weighted by molar-refractivity contribution is 5.82. The molecule has 0 radical (unpaired) electrons. The second kappa shape index (κ2) is 7.24. The third-order valence-corrected chi connectivity index (χ3v) is 5.61. The summed E-state index contributed by atoms with van der Waals surface area (Å²) in [6, 6.07) is 18.6. The lowest BCUT2D eigenvalue weighted by Gasteiger charge is -2.28. The monoisotopic (exact) mass is 374 g/mol. The first kappa shape index (κ1) is 17.2. The zero-order chi connectivity index (χ0) is 18.9. The van der Waals surface area contributed by atoms with Crippen LogP contribution < -0.4 is 0 Å². The highest BCUT2D eigenvalue weighted by Gasteiger charge is 2.33. The summed E-state index contributed by atoms with van der Waals surface area (Å²) >= 11 is 0. The number of nitrogens with zero attached hydrogens (tertiary/aromatic N) is 2. The second-order valence-corrected chi connectivity index (χ2v) is 7.39. The number of aromatic nitrogens is 1. The fourth-order valence-electron chi connectivity index (χ4n) is 4.05. The number of rotatable bonds is 3. The maximum atomic E-state index is 12.7. The molecule has 28 heavy (non-hydrogen) atoms. The van der Waals surface area contributed by atoms with Gasteiger partial charge in [0.25, 0.3) is 5.91 Å². The summed E-state index contributed by atoms with van der Waals surface area (Å²) in [6.07, 6.45) is 2.19. The third kappa shape index (κ3) is 3.12. The van der Waals surface area contributed by atoms with Crippen molar-refractivity contribution >= 4 is 5.91 Å². The lowest BCUT2D eigenvalue weighted by atomic mass is 9.98. The number of amides is 1. The van der Waals surface area contributed by atoms with Crippen LogP contribution >= 0.6 is 0 Å². The van der Waals surface area contributed by atoms with Crippen LogP contribution in [0.15, 0.2) is 59.1 Å². The van der Waals surface area contributed by atoms with Gasteiger partial charge < -0.3 is 14.2 Å². The topological polar surface area (TPSA) is 55.6 Å². The van der Waals surface area contributed by atoms with Crippen LogP contribution in [0.3, 0.4) is 0 Å². The van der Waals surface area contributed by atoms with Crippen molar-refractivity contribution in [3.8, 4) is 22.4 Å². The minimum atomic E-state index is -0.282. The normalized spacial score (nSPS) is 18.9. The molecule has 0 bridgehead atoms. The fraction of sp³-hybridized carbons (Fsp3) is 0.304. The summed E-state index contributed by atoms with van der Waals surface area (Å²) in [5.41, 5.74) is 5.21. The zero-order valence-corrected chi connectivity index (χ0v) is 15.6. The second-order valence-electron chi connectivity index (χ2n) is 7.39. The predicted octanol–water partition coefficient (Wildman–Crippen LogP) is 4.07. The highest BCUT2D eigenvalue weighted by atomic mass is 16.5. The van der Waals surface area contributed by atoms with Crippen LogP contribution in [0.4, 0.5) is 0 Å². The van der Waals surface area contributed by atoms with Crippen LogP contribution in [0.2, 0.25) is 0 Å². The molecule has 2 aliphatic rings. The molecule has 0 saturated carbocycles. The van der Waals surface area contributed by atoms with Gasteiger partial charge in [-0.25, -0.2) is 0 Å².